The Morgan fingerprint density at radius 1 is 1.35 bits per heavy atom. The molecule has 8 nitrogen and oxygen atoms in total. The molecule has 1 amide bonds. The molecule has 0 aliphatic carbocycles. The van der Waals surface area contributed by atoms with Crippen molar-refractivity contribution in [1.82, 2.24) is 0 Å². The smallest absolute Gasteiger partial charge is 0.339 e. The Hall–Kier alpha value is -3.44. The van der Waals surface area contributed by atoms with E-state index in [2.05, 4.69) is 5.32 Å². The van der Waals surface area contributed by atoms with Gasteiger partial charge in [-0.3, -0.25) is 14.9 Å². The number of esters is 1. The van der Waals surface area contributed by atoms with Crippen LogP contribution in [0.2, 0.25) is 5.02 Å². The van der Waals surface area contributed by atoms with Crippen LogP contribution in [-0.2, 0) is 9.53 Å². The summed E-state index contributed by atoms with van der Waals surface area (Å²) in [4.78, 5) is 34.3. The number of carbonyl (C=O) groups excluding carboxylic acids is 2. The monoisotopic (exact) mass is 373 g/mol. The molecular weight excluding hydrogens is 362 g/mol. The second-order valence-corrected chi connectivity index (χ2v) is 5.57. The Labute approximate surface area is 153 Å². The van der Waals surface area contributed by atoms with Crippen LogP contribution in [0.4, 0.5) is 11.4 Å². The summed E-state index contributed by atoms with van der Waals surface area (Å²) < 4.78 is 4.89. The van der Waals surface area contributed by atoms with Crippen molar-refractivity contribution in [3.63, 3.8) is 0 Å². The van der Waals surface area contributed by atoms with E-state index in [0.717, 1.165) is 0 Å². The molecule has 0 unspecified atom stereocenters. The third-order valence-corrected chi connectivity index (χ3v) is 3.67. The van der Waals surface area contributed by atoms with E-state index in [1.54, 1.807) is 0 Å². The fourth-order valence-electron chi connectivity index (χ4n) is 2.15. The Morgan fingerprint density at radius 3 is 2.73 bits per heavy atom. The molecule has 0 bridgehead atoms. The summed E-state index contributed by atoms with van der Waals surface area (Å²) in [6.45, 7) is 0.790. The van der Waals surface area contributed by atoms with E-state index in [9.17, 15) is 19.7 Å². The number of nitrogens with one attached hydrogen (secondary N) is 1. The minimum absolute atomic E-state index is 0.00697. The number of ether oxygens (including phenoxy) is 1. The van der Waals surface area contributed by atoms with Crippen molar-refractivity contribution in [2.45, 2.75) is 6.92 Å². The zero-order valence-electron chi connectivity index (χ0n) is 13.5. The van der Waals surface area contributed by atoms with Gasteiger partial charge in [-0.25, -0.2) is 4.79 Å². The van der Waals surface area contributed by atoms with E-state index in [1.807, 2.05) is 6.07 Å². The van der Waals surface area contributed by atoms with Gasteiger partial charge in [0.2, 0.25) is 0 Å². The Kier molecular flexibility index (Phi) is 5.88. The highest BCUT2D eigenvalue weighted by Gasteiger charge is 2.20. The van der Waals surface area contributed by atoms with Crippen molar-refractivity contribution in [2.75, 3.05) is 11.9 Å². The summed E-state index contributed by atoms with van der Waals surface area (Å²) in [5.74, 6) is -1.55. The van der Waals surface area contributed by atoms with Crippen LogP contribution < -0.4 is 5.32 Å². The normalized spacial score (nSPS) is 9.88. The van der Waals surface area contributed by atoms with Crippen LogP contribution in [0.15, 0.2) is 36.4 Å². The number of amides is 1. The van der Waals surface area contributed by atoms with Crippen molar-refractivity contribution in [1.29, 1.82) is 5.26 Å². The van der Waals surface area contributed by atoms with Gasteiger partial charge < -0.3 is 10.1 Å². The van der Waals surface area contributed by atoms with Gasteiger partial charge in [-0.2, -0.15) is 5.26 Å². The van der Waals surface area contributed by atoms with E-state index in [4.69, 9.17) is 21.6 Å². The van der Waals surface area contributed by atoms with Gasteiger partial charge in [0.15, 0.2) is 6.61 Å². The van der Waals surface area contributed by atoms with Crippen molar-refractivity contribution in [2.24, 2.45) is 0 Å². The lowest BCUT2D eigenvalue weighted by molar-refractivity contribution is -0.385. The number of hydrogen-bond donors (Lipinski definition) is 1. The number of carbonyl (C=O) groups is 2. The molecule has 0 radical (unpaired) electrons. The predicted octanol–water partition coefficient (Wildman–Crippen LogP) is 3.22. The second-order valence-electron chi connectivity index (χ2n) is 5.13. The molecule has 0 aliphatic rings. The third-order valence-electron chi connectivity index (χ3n) is 3.43. The fourth-order valence-corrected chi connectivity index (χ4v) is 2.33. The first-order chi connectivity index (χ1) is 12.3. The predicted molar refractivity (Wildman–Crippen MR) is 92.9 cm³/mol. The first kappa shape index (κ1) is 18.9. The van der Waals surface area contributed by atoms with Gasteiger partial charge in [0.05, 0.1) is 21.7 Å². The molecule has 26 heavy (non-hydrogen) atoms. The molecule has 0 saturated carbocycles. The summed E-state index contributed by atoms with van der Waals surface area (Å²) in [5.41, 5.74) is 0.301. The van der Waals surface area contributed by atoms with E-state index in [-0.39, 0.29) is 28.1 Å². The number of halogens is 1. The van der Waals surface area contributed by atoms with Gasteiger partial charge in [-0.15, -0.1) is 0 Å². The van der Waals surface area contributed by atoms with Crippen LogP contribution in [0.3, 0.4) is 0 Å². The minimum Gasteiger partial charge on any atom is -0.452 e. The van der Waals surface area contributed by atoms with Gasteiger partial charge in [0.1, 0.15) is 6.07 Å². The van der Waals surface area contributed by atoms with Crippen molar-refractivity contribution < 1.29 is 19.2 Å². The number of nitrogens with zero attached hydrogens (tertiary/aromatic N) is 2. The quantitative estimate of drug-likeness (QED) is 0.487. The number of hydrogen-bond acceptors (Lipinski definition) is 6. The fraction of sp³-hybridized carbons (Fsp3) is 0.118. The number of benzene rings is 2. The molecule has 0 fully saturated rings. The first-order valence-corrected chi connectivity index (χ1v) is 7.62. The van der Waals surface area contributed by atoms with Crippen molar-refractivity contribution >= 4 is 34.9 Å². The molecular formula is C17H12ClN3O5. The lowest BCUT2D eigenvalue weighted by atomic mass is 10.1. The van der Waals surface area contributed by atoms with Crippen LogP contribution in [0, 0.1) is 28.4 Å². The van der Waals surface area contributed by atoms with Gasteiger partial charge >= 0.3 is 5.97 Å². The SMILES string of the molecule is Cc1c(C(=O)OCC(=O)Nc2cc(Cl)ccc2C#N)cccc1[N+](=O)[O-]. The summed E-state index contributed by atoms with van der Waals surface area (Å²) in [6.07, 6.45) is 0. The number of rotatable bonds is 5. The molecule has 132 valence electrons. The Balaban J connectivity index is 2.06. The van der Waals surface area contributed by atoms with Gasteiger partial charge in [-0.05, 0) is 31.2 Å². The number of nitro groups is 1. The largest absolute Gasteiger partial charge is 0.452 e. The molecule has 0 aromatic heterocycles. The summed E-state index contributed by atoms with van der Waals surface area (Å²) in [5, 5.41) is 22.7. The van der Waals surface area contributed by atoms with Crippen LogP contribution in [0.1, 0.15) is 21.5 Å². The average molecular weight is 374 g/mol. The number of anilines is 1. The second kappa shape index (κ2) is 8.09. The maximum atomic E-state index is 12.1. The highest BCUT2D eigenvalue weighted by molar-refractivity contribution is 6.31. The summed E-state index contributed by atoms with van der Waals surface area (Å²) in [7, 11) is 0. The topological polar surface area (TPSA) is 122 Å². The van der Waals surface area contributed by atoms with E-state index in [1.165, 1.54) is 43.3 Å². The van der Waals surface area contributed by atoms with Crippen LogP contribution >= 0.6 is 11.6 Å². The van der Waals surface area contributed by atoms with Crippen LogP contribution in [0.5, 0.6) is 0 Å². The van der Waals surface area contributed by atoms with E-state index in [0.29, 0.717) is 5.02 Å². The zero-order chi connectivity index (χ0) is 19.3. The molecule has 1 N–H and O–H groups in total. The molecule has 0 aliphatic heterocycles. The Bertz CT molecular complexity index is 936. The number of nitriles is 1. The summed E-state index contributed by atoms with van der Waals surface area (Å²) >= 11 is 5.82. The van der Waals surface area contributed by atoms with E-state index >= 15 is 0 Å². The lowest BCUT2D eigenvalue weighted by Gasteiger charge is -2.09. The molecule has 0 spiro atoms. The highest BCUT2D eigenvalue weighted by Crippen LogP contribution is 2.22. The van der Waals surface area contributed by atoms with Gasteiger partial charge in [-0.1, -0.05) is 17.7 Å². The molecule has 9 heteroatoms. The van der Waals surface area contributed by atoms with Gasteiger partial charge in [0, 0.05) is 16.7 Å². The van der Waals surface area contributed by atoms with E-state index < -0.39 is 23.4 Å². The summed E-state index contributed by atoms with van der Waals surface area (Å²) in [6, 6.07) is 10.2. The van der Waals surface area contributed by atoms with Crippen LogP contribution in [-0.4, -0.2) is 23.4 Å². The lowest BCUT2D eigenvalue weighted by Crippen LogP contribution is -2.21. The highest BCUT2D eigenvalue weighted by atomic mass is 35.5. The maximum Gasteiger partial charge on any atom is 0.339 e. The molecule has 0 atom stereocenters. The third kappa shape index (κ3) is 4.34. The standard InChI is InChI=1S/C17H12ClN3O5/c1-10-13(3-2-4-15(10)21(24)25)17(23)26-9-16(22)20-14-7-12(18)6-5-11(14)8-19/h2-7H,9H2,1H3,(H,20,22). The van der Waals surface area contributed by atoms with Gasteiger partial charge in [0.25, 0.3) is 11.6 Å². The minimum atomic E-state index is -0.868. The van der Waals surface area contributed by atoms with Crippen molar-refractivity contribution in [3.05, 3.63) is 68.2 Å². The average Bonchev–Trinajstić information content (AvgIpc) is 2.60. The molecule has 2 rings (SSSR count). The maximum absolute atomic E-state index is 12.1. The number of nitro benzene ring substituents is 1. The molecule has 2 aromatic rings. The first-order valence-electron chi connectivity index (χ1n) is 7.24. The Morgan fingerprint density at radius 2 is 2.08 bits per heavy atom. The molecule has 2 aromatic carbocycles. The molecule has 0 saturated heterocycles. The van der Waals surface area contributed by atoms with Crippen molar-refractivity contribution in [3.8, 4) is 6.07 Å². The van der Waals surface area contributed by atoms with Crippen LogP contribution in [0.25, 0.3) is 0 Å². The molecule has 0 heterocycles. The zero-order valence-corrected chi connectivity index (χ0v) is 14.2.